The Kier molecular flexibility index (Phi) is 9.46. The highest BCUT2D eigenvalue weighted by molar-refractivity contribution is 6.30. The molecule has 9 nitrogen and oxygen atoms in total. The molecule has 12 heteroatoms. The van der Waals surface area contributed by atoms with Gasteiger partial charge in [-0.3, -0.25) is 4.79 Å². The summed E-state index contributed by atoms with van der Waals surface area (Å²) in [7, 11) is 1.27. The van der Waals surface area contributed by atoms with E-state index in [0.717, 1.165) is 0 Å². The fourth-order valence-electron chi connectivity index (χ4n) is 4.25. The van der Waals surface area contributed by atoms with E-state index in [0.29, 0.717) is 34.0 Å². The summed E-state index contributed by atoms with van der Waals surface area (Å²) in [5.41, 5.74) is 2.37. The molecule has 0 spiro atoms. The first-order chi connectivity index (χ1) is 21.3. The molecule has 0 saturated carbocycles. The summed E-state index contributed by atoms with van der Waals surface area (Å²) in [5, 5.41) is 6.18. The largest absolute Gasteiger partial charge is 0.473 e. The number of hydrogen-bond donors (Lipinski definition) is 2. The third-order valence-corrected chi connectivity index (χ3v) is 6.67. The van der Waals surface area contributed by atoms with Crippen molar-refractivity contribution in [2.24, 2.45) is 0 Å². The van der Waals surface area contributed by atoms with Gasteiger partial charge < -0.3 is 24.5 Å². The molecule has 0 unspecified atom stereocenters. The fraction of sp³-hybridized carbons (Fsp3) is 0.125. The minimum absolute atomic E-state index is 0.0846. The molecule has 5 rings (SSSR count). The average molecular weight is 619 g/mol. The topological polar surface area (TPSA) is 116 Å². The molecular weight excluding hydrogens is 594 g/mol. The number of carbonyl (C=O) groups is 2. The fourth-order valence-corrected chi connectivity index (χ4v) is 4.41. The van der Waals surface area contributed by atoms with Gasteiger partial charge in [0, 0.05) is 22.2 Å². The average Bonchev–Trinajstić information content (AvgIpc) is 3.54. The van der Waals surface area contributed by atoms with E-state index >= 15 is 4.39 Å². The van der Waals surface area contributed by atoms with E-state index in [-0.39, 0.29) is 41.6 Å². The number of nitrogens with one attached hydrogen (secondary N) is 2. The summed E-state index contributed by atoms with van der Waals surface area (Å²) in [6, 6.07) is 18.2. The van der Waals surface area contributed by atoms with E-state index in [2.05, 4.69) is 20.6 Å². The van der Waals surface area contributed by atoms with Gasteiger partial charge >= 0.3 is 5.97 Å². The molecule has 44 heavy (non-hydrogen) atoms. The zero-order valence-corrected chi connectivity index (χ0v) is 24.0. The monoisotopic (exact) mass is 618 g/mol. The van der Waals surface area contributed by atoms with Gasteiger partial charge in [-0.05, 0) is 54.1 Å². The lowest BCUT2D eigenvalue weighted by Gasteiger charge is -2.14. The highest BCUT2D eigenvalue weighted by atomic mass is 35.5. The number of aromatic nitrogens is 2. The summed E-state index contributed by atoms with van der Waals surface area (Å²) < 4.78 is 44.9. The van der Waals surface area contributed by atoms with Gasteiger partial charge in [0.15, 0.2) is 6.39 Å². The van der Waals surface area contributed by atoms with Crippen LogP contribution < -0.4 is 15.4 Å². The van der Waals surface area contributed by atoms with Crippen molar-refractivity contribution in [3.05, 3.63) is 124 Å². The number of anilines is 2. The summed E-state index contributed by atoms with van der Waals surface area (Å²) in [6.45, 7) is 0.164. The molecule has 0 aliphatic carbocycles. The maximum absolute atomic E-state index is 15.2. The molecule has 0 fully saturated rings. The Labute approximate surface area is 255 Å². The third kappa shape index (κ3) is 7.56. The van der Waals surface area contributed by atoms with Crippen molar-refractivity contribution in [1.29, 1.82) is 0 Å². The standard InChI is InChI=1S/C32H25ClF2N4O5/c1-42-32(41)20-7-10-28(29(13-20)37-16-23-15-36-18-44-23)38-30(40)12-19-5-9-24(26(35)11-19)27-3-2-4-31(39-27)43-17-21-6-8-22(33)14-25(21)34/h2-11,13-15,18,37H,12,16-17H2,1H3,(H,38,40). The van der Waals surface area contributed by atoms with Gasteiger partial charge in [-0.25, -0.2) is 23.5 Å². The van der Waals surface area contributed by atoms with Crippen LogP contribution in [-0.2, 0) is 29.1 Å². The second-order valence-corrected chi connectivity index (χ2v) is 9.93. The Balaban J connectivity index is 1.26. The van der Waals surface area contributed by atoms with Crippen molar-refractivity contribution >= 4 is 34.9 Å². The number of amides is 1. The van der Waals surface area contributed by atoms with E-state index < -0.39 is 23.5 Å². The van der Waals surface area contributed by atoms with Gasteiger partial charge in [0.25, 0.3) is 0 Å². The van der Waals surface area contributed by atoms with Crippen LogP contribution in [0, 0.1) is 11.6 Å². The number of methoxy groups -OCH3 is 1. The lowest BCUT2D eigenvalue weighted by Crippen LogP contribution is -2.16. The molecule has 1 amide bonds. The Hall–Kier alpha value is -5.29. The van der Waals surface area contributed by atoms with E-state index in [1.54, 1.807) is 42.5 Å². The number of esters is 1. The number of hydrogen-bond acceptors (Lipinski definition) is 8. The quantitative estimate of drug-likeness (QED) is 0.155. The van der Waals surface area contributed by atoms with Crippen molar-refractivity contribution < 1.29 is 32.3 Å². The number of oxazole rings is 1. The zero-order chi connectivity index (χ0) is 31.1. The van der Waals surface area contributed by atoms with Crippen LogP contribution in [0.3, 0.4) is 0 Å². The van der Waals surface area contributed by atoms with Gasteiger partial charge in [-0.2, -0.15) is 0 Å². The second kappa shape index (κ2) is 13.8. The molecule has 224 valence electrons. The van der Waals surface area contributed by atoms with E-state index in [4.69, 9.17) is 25.5 Å². The van der Waals surface area contributed by atoms with Crippen LogP contribution >= 0.6 is 11.6 Å². The number of halogens is 3. The van der Waals surface area contributed by atoms with Crippen molar-refractivity contribution in [2.75, 3.05) is 17.7 Å². The Morgan fingerprint density at radius 1 is 0.977 bits per heavy atom. The Bertz CT molecular complexity index is 1800. The van der Waals surface area contributed by atoms with Crippen LogP contribution in [0.25, 0.3) is 11.3 Å². The number of carbonyl (C=O) groups excluding carboxylic acids is 2. The van der Waals surface area contributed by atoms with E-state index in [1.807, 2.05) is 0 Å². The predicted molar refractivity (Wildman–Crippen MR) is 159 cm³/mol. The first-order valence-electron chi connectivity index (χ1n) is 13.2. The SMILES string of the molecule is COC(=O)c1ccc(NC(=O)Cc2ccc(-c3cccc(OCc4ccc(Cl)cc4F)n3)c(F)c2)c(NCc2cnco2)c1. The number of ether oxygens (including phenoxy) is 2. The molecule has 0 aliphatic rings. The molecule has 0 radical (unpaired) electrons. The number of benzene rings is 3. The summed E-state index contributed by atoms with van der Waals surface area (Å²) in [6.07, 6.45) is 2.70. The third-order valence-electron chi connectivity index (χ3n) is 6.44. The van der Waals surface area contributed by atoms with Crippen LogP contribution in [0.2, 0.25) is 5.02 Å². The lowest BCUT2D eigenvalue weighted by molar-refractivity contribution is -0.115. The van der Waals surface area contributed by atoms with Crippen LogP contribution in [0.4, 0.5) is 20.2 Å². The van der Waals surface area contributed by atoms with Gasteiger partial charge in [-0.1, -0.05) is 29.8 Å². The van der Waals surface area contributed by atoms with Crippen LogP contribution in [0.1, 0.15) is 27.2 Å². The molecule has 0 bridgehead atoms. The summed E-state index contributed by atoms with van der Waals surface area (Å²) in [4.78, 5) is 33.2. The van der Waals surface area contributed by atoms with Crippen LogP contribution in [0.5, 0.6) is 5.88 Å². The summed E-state index contributed by atoms with van der Waals surface area (Å²) in [5.74, 6) is -1.30. The van der Waals surface area contributed by atoms with Crippen molar-refractivity contribution in [1.82, 2.24) is 9.97 Å². The molecule has 2 aromatic heterocycles. The number of rotatable bonds is 11. The maximum atomic E-state index is 15.2. The smallest absolute Gasteiger partial charge is 0.337 e. The Morgan fingerprint density at radius 2 is 1.84 bits per heavy atom. The number of nitrogens with zero attached hydrogens (tertiary/aromatic N) is 2. The molecule has 3 aromatic carbocycles. The minimum atomic E-state index is -0.583. The van der Waals surface area contributed by atoms with E-state index in [9.17, 15) is 14.0 Å². The minimum Gasteiger partial charge on any atom is -0.473 e. The zero-order valence-electron chi connectivity index (χ0n) is 23.3. The lowest BCUT2D eigenvalue weighted by atomic mass is 10.0. The first kappa shape index (κ1) is 30.2. The molecule has 2 N–H and O–H groups in total. The molecule has 0 saturated heterocycles. The molecule has 2 heterocycles. The van der Waals surface area contributed by atoms with Crippen molar-refractivity contribution in [3.8, 4) is 17.1 Å². The van der Waals surface area contributed by atoms with Gasteiger partial charge in [0.05, 0.1) is 48.9 Å². The van der Waals surface area contributed by atoms with E-state index in [1.165, 1.54) is 50.0 Å². The summed E-state index contributed by atoms with van der Waals surface area (Å²) >= 11 is 5.79. The van der Waals surface area contributed by atoms with Crippen LogP contribution in [-0.4, -0.2) is 29.0 Å². The van der Waals surface area contributed by atoms with Crippen molar-refractivity contribution in [3.63, 3.8) is 0 Å². The first-order valence-corrected chi connectivity index (χ1v) is 13.6. The van der Waals surface area contributed by atoms with Crippen LogP contribution in [0.15, 0.2) is 89.8 Å². The second-order valence-electron chi connectivity index (χ2n) is 9.50. The molecule has 0 aliphatic heterocycles. The Morgan fingerprint density at radius 3 is 2.59 bits per heavy atom. The van der Waals surface area contributed by atoms with Gasteiger partial charge in [0.1, 0.15) is 24.0 Å². The normalized spacial score (nSPS) is 10.7. The highest BCUT2D eigenvalue weighted by Gasteiger charge is 2.15. The molecule has 0 atom stereocenters. The highest BCUT2D eigenvalue weighted by Crippen LogP contribution is 2.27. The molecular formula is C32H25ClF2N4O5. The number of pyridine rings is 1. The maximum Gasteiger partial charge on any atom is 0.337 e. The predicted octanol–water partition coefficient (Wildman–Crippen LogP) is 6.83. The molecule has 5 aromatic rings. The van der Waals surface area contributed by atoms with Gasteiger partial charge in [0.2, 0.25) is 11.8 Å². The van der Waals surface area contributed by atoms with Gasteiger partial charge in [-0.15, -0.1) is 0 Å². The van der Waals surface area contributed by atoms with Crippen molar-refractivity contribution in [2.45, 2.75) is 19.6 Å².